The zero-order chi connectivity index (χ0) is 10.7. The normalized spacial score (nSPS) is 12.6. The number of nitrogens with two attached hydrogens (primary N) is 1. The number of halogens is 2. The summed E-state index contributed by atoms with van der Waals surface area (Å²) >= 11 is 5.91. The molecular formula is C10H12ClFN2. The Hall–Kier alpha value is -0.900. The molecular weight excluding hydrogens is 203 g/mol. The quantitative estimate of drug-likeness (QED) is 0.461. The second kappa shape index (κ2) is 4.55. The van der Waals surface area contributed by atoms with Crippen molar-refractivity contribution in [3.05, 3.63) is 46.8 Å². The highest BCUT2D eigenvalue weighted by Gasteiger charge is 2.14. The van der Waals surface area contributed by atoms with Gasteiger partial charge < -0.3 is 0 Å². The molecule has 2 nitrogen and oxygen atoms in total. The molecule has 0 bridgehead atoms. The van der Waals surface area contributed by atoms with E-state index in [0.717, 1.165) is 5.57 Å². The Labute approximate surface area is 87.5 Å². The molecule has 0 fully saturated rings. The van der Waals surface area contributed by atoms with Gasteiger partial charge in [-0.3, -0.25) is 5.84 Å². The molecule has 1 aromatic carbocycles. The van der Waals surface area contributed by atoms with E-state index in [2.05, 4.69) is 12.0 Å². The lowest BCUT2D eigenvalue weighted by molar-refractivity contribution is 0.601. The first-order chi connectivity index (χ1) is 6.56. The van der Waals surface area contributed by atoms with Crippen molar-refractivity contribution < 1.29 is 4.39 Å². The van der Waals surface area contributed by atoms with Crippen LogP contribution in [0.2, 0.25) is 5.02 Å². The van der Waals surface area contributed by atoms with E-state index in [1.807, 2.05) is 0 Å². The van der Waals surface area contributed by atoms with E-state index in [1.165, 1.54) is 18.2 Å². The van der Waals surface area contributed by atoms with Crippen molar-refractivity contribution in [3.8, 4) is 0 Å². The highest BCUT2D eigenvalue weighted by Crippen LogP contribution is 2.27. The van der Waals surface area contributed by atoms with E-state index >= 15 is 0 Å². The zero-order valence-corrected chi connectivity index (χ0v) is 8.61. The maximum absolute atomic E-state index is 13.0. The summed E-state index contributed by atoms with van der Waals surface area (Å²) in [5.74, 6) is 4.99. The van der Waals surface area contributed by atoms with Gasteiger partial charge in [0.1, 0.15) is 5.82 Å². The molecule has 0 amide bonds. The van der Waals surface area contributed by atoms with Crippen molar-refractivity contribution in [1.29, 1.82) is 0 Å². The Bertz CT molecular complexity index is 352. The van der Waals surface area contributed by atoms with Crippen molar-refractivity contribution in [2.24, 2.45) is 5.84 Å². The van der Waals surface area contributed by atoms with E-state index in [1.54, 1.807) is 6.92 Å². The predicted octanol–water partition coefficient (Wildman–Crippen LogP) is 2.56. The van der Waals surface area contributed by atoms with Crippen LogP contribution in [0.1, 0.15) is 18.5 Å². The van der Waals surface area contributed by atoms with Crippen molar-refractivity contribution in [1.82, 2.24) is 5.43 Å². The summed E-state index contributed by atoms with van der Waals surface area (Å²) in [4.78, 5) is 0. The molecule has 1 aromatic rings. The molecule has 3 N–H and O–H groups in total. The molecule has 0 aliphatic carbocycles. The Morgan fingerprint density at radius 3 is 2.79 bits per heavy atom. The van der Waals surface area contributed by atoms with Crippen molar-refractivity contribution >= 4 is 11.6 Å². The first-order valence-electron chi connectivity index (χ1n) is 4.12. The van der Waals surface area contributed by atoms with Gasteiger partial charge in [-0.2, -0.15) is 0 Å². The van der Waals surface area contributed by atoms with Gasteiger partial charge in [-0.05, 0) is 30.7 Å². The van der Waals surface area contributed by atoms with E-state index in [-0.39, 0.29) is 11.9 Å². The average molecular weight is 215 g/mol. The van der Waals surface area contributed by atoms with Crippen molar-refractivity contribution in [2.45, 2.75) is 13.0 Å². The largest absolute Gasteiger partial charge is 0.271 e. The molecule has 1 atom stereocenters. The molecule has 4 heteroatoms. The van der Waals surface area contributed by atoms with Gasteiger partial charge in [-0.1, -0.05) is 23.8 Å². The van der Waals surface area contributed by atoms with Gasteiger partial charge in [-0.15, -0.1) is 0 Å². The maximum Gasteiger partial charge on any atom is 0.123 e. The molecule has 1 rings (SSSR count). The molecule has 0 saturated carbocycles. The van der Waals surface area contributed by atoms with Crippen LogP contribution in [0, 0.1) is 5.82 Å². The van der Waals surface area contributed by atoms with Gasteiger partial charge in [0.05, 0.1) is 6.04 Å². The third-order valence-electron chi connectivity index (χ3n) is 1.93. The van der Waals surface area contributed by atoms with Gasteiger partial charge >= 0.3 is 0 Å². The molecule has 0 saturated heterocycles. The molecule has 14 heavy (non-hydrogen) atoms. The number of hydrogen-bond donors (Lipinski definition) is 2. The molecule has 0 radical (unpaired) electrons. The van der Waals surface area contributed by atoms with Crippen LogP contribution in [0.4, 0.5) is 4.39 Å². The minimum atomic E-state index is -0.342. The highest BCUT2D eigenvalue weighted by atomic mass is 35.5. The number of nitrogens with one attached hydrogen (secondary N) is 1. The first-order valence-corrected chi connectivity index (χ1v) is 4.50. The van der Waals surface area contributed by atoms with Crippen LogP contribution < -0.4 is 11.3 Å². The fourth-order valence-electron chi connectivity index (χ4n) is 1.23. The second-order valence-electron chi connectivity index (χ2n) is 3.11. The summed E-state index contributed by atoms with van der Waals surface area (Å²) in [5, 5.41) is 0.470. The summed E-state index contributed by atoms with van der Waals surface area (Å²) in [5.41, 5.74) is 3.91. The van der Waals surface area contributed by atoms with Crippen LogP contribution in [0.3, 0.4) is 0 Å². The number of rotatable bonds is 3. The van der Waals surface area contributed by atoms with Crippen LogP contribution in [0.5, 0.6) is 0 Å². The number of hydrogen-bond acceptors (Lipinski definition) is 2. The average Bonchev–Trinajstić information content (AvgIpc) is 2.11. The fraction of sp³-hybridized carbons (Fsp3) is 0.200. The van der Waals surface area contributed by atoms with Crippen molar-refractivity contribution in [3.63, 3.8) is 0 Å². The minimum absolute atomic E-state index is 0.321. The first kappa shape index (κ1) is 11.2. The lowest BCUT2D eigenvalue weighted by atomic mass is 10.0. The Balaban J connectivity index is 3.15. The summed E-state index contributed by atoms with van der Waals surface area (Å²) < 4.78 is 13.0. The third kappa shape index (κ3) is 2.32. The van der Waals surface area contributed by atoms with Crippen molar-refractivity contribution in [2.75, 3.05) is 0 Å². The monoisotopic (exact) mass is 214 g/mol. The smallest absolute Gasteiger partial charge is 0.123 e. The Morgan fingerprint density at radius 1 is 1.64 bits per heavy atom. The predicted molar refractivity (Wildman–Crippen MR) is 56.3 cm³/mol. The minimum Gasteiger partial charge on any atom is -0.271 e. The maximum atomic E-state index is 13.0. The van der Waals surface area contributed by atoms with Gasteiger partial charge in [0.25, 0.3) is 0 Å². The molecule has 1 unspecified atom stereocenters. The number of benzene rings is 1. The summed E-state index contributed by atoms with van der Waals surface area (Å²) in [6.45, 7) is 5.55. The van der Waals surface area contributed by atoms with Crippen LogP contribution in [0.15, 0.2) is 30.4 Å². The molecule has 0 aliphatic rings. The Kier molecular flexibility index (Phi) is 3.63. The van der Waals surface area contributed by atoms with E-state index in [4.69, 9.17) is 17.4 Å². The Morgan fingerprint density at radius 2 is 2.29 bits per heavy atom. The summed E-state index contributed by atoms with van der Waals surface area (Å²) in [6.07, 6.45) is 0. The van der Waals surface area contributed by atoms with Gasteiger partial charge in [0, 0.05) is 5.02 Å². The highest BCUT2D eigenvalue weighted by molar-refractivity contribution is 6.31. The lowest BCUT2D eigenvalue weighted by Crippen LogP contribution is -2.28. The summed E-state index contributed by atoms with van der Waals surface area (Å²) in [7, 11) is 0. The van der Waals surface area contributed by atoms with E-state index < -0.39 is 0 Å². The molecule has 0 aromatic heterocycles. The molecule has 0 spiro atoms. The fourth-order valence-corrected chi connectivity index (χ4v) is 1.46. The third-order valence-corrected chi connectivity index (χ3v) is 2.27. The van der Waals surface area contributed by atoms with Gasteiger partial charge in [0.15, 0.2) is 0 Å². The van der Waals surface area contributed by atoms with Crippen LogP contribution in [-0.4, -0.2) is 0 Å². The lowest BCUT2D eigenvalue weighted by Gasteiger charge is -2.17. The molecule has 0 heterocycles. The molecule has 76 valence electrons. The van der Waals surface area contributed by atoms with Crippen LogP contribution in [-0.2, 0) is 0 Å². The molecule has 0 aliphatic heterocycles. The summed E-state index contributed by atoms with van der Waals surface area (Å²) in [6, 6.07) is 3.83. The second-order valence-corrected chi connectivity index (χ2v) is 3.52. The van der Waals surface area contributed by atoms with Gasteiger partial charge in [-0.25, -0.2) is 9.82 Å². The van der Waals surface area contributed by atoms with E-state index in [0.29, 0.717) is 10.6 Å². The SMILES string of the molecule is C=C(C)C(NN)c1cc(F)ccc1Cl. The van der Waals surface area contributed by atoms with Crippen LogP contribution >= 0.6 is 11.6 Å². The zero-order valence-electron chi connectivity index (χ0n) is 7.85. The topological polar surface area (TPSA) is 38.0 Å². The standard InChI is InChI=1S/C10H12ClFN2/c1-6(2)10(14-13)8-5-7(12)3-4-9(8)11/h3-5,10,14H,1,13H2,2H3. The van der Waals surface area contributed by atoms with Crippen LogP contribution in [0.25, 0.3) is 0 Å². The number of hydrazine groups is 1. The van der Waals surface area contributed by atoms with Gasteiger partial charge in [0.2, 0.25) is 0 Å². The van der Waals surface area contributed by atoms with E-state index in [9.17, 15) is 4.39 Å².